The number of likely N-dealkylation sites (tertiary alicyclic amines) is 1. The molecule has 1 atom stereocenters. The molecule has 1 heterocycles. The van der Waals surface area contributed by atoms with Crippen molar-refractivity contribution in [3.8, 4) is 5.75 Å². The van der Waals surface area contributed by atoms with E-state index in [0.29, 0.717) is 36.8 Å². The number of urea groups is 1. The van der Waals surface area contributed by atoms with Crippen molar-refractivity contribution in [3.05, 3.63) is 94.5 Å². The van der Waals surface area contributed by atoms with Gasteiger partial charge in [0.2, 0.25) is 0 Å². The fourth-order valence-electron chi connectivity index (χ4n) is 4.29. The minimum absolute atomic E-state index is 0.118. The van der Waals surface area contributed by atoms with Crippen molar-refractivity contribution >= 4 is 29.2 Å². The summed E-state index contributed by atoms with van der Waals surface area (Å²) in [4.78, 5) is 27.5. The van der Waals surface area contributed by atoms with E-state index in [9.17, 15) is 9.59 Å². The quantitative estimate of drug-likeness (QED) is 0.420. The van der Waals surface area contributed by atoms with Crippen LogP contribution in [0.4, 0.5) is 10.5 Å². The van der Waals surface area contributed by atoms with Crippen LogP contribution >= 0.6 is 11.6 Å². The van der Waals surface area contributed by atoms with Gasteiger partial charge in [-0.3, -0.25) is 4.79 Å². The Morgan fingerprint density at radius 2 is 1.86 bits per heavy atom. The fourth-order valence-corrected chi connectivity index (χ4v) is 4.49. The molecule has 1 fully saturated rings. The van der Waals surface area contributed by atoms with E-state index in [1.165, 1.54) is 0 Å². The molecule has 3 amide bonds. The fraction of sp³-hybridized carbons (Fsp3) is 0.286. The average Bonchev–Trinajstić information content (AvgIpc) is 2.89. The van der Waals surface area contributed by atoms with Gasteiger partial charge in [0, 0.05) is 41.8 Å². The van der Waals surface area contributed by atoms with Gasteiger partial charge in [0.05, 0.1) is 6.61 Å². The Labute approximate surface area is 211 Å². The minimum atomic E-state index is -0.146. The molecule has 1 aliphatic rings. The van der Waals surface area contributed by atoms with Gasteiger partial charge >= 0.3 is 6.03 Å². The minimum Gasteiger partial charge on any atom is -0.494 e. The number of carbonyl (C=O) groups is 2. The lowest BCUT2D eigenvalue weighted by atomic mass is 9.89. The molecule has 1 aliphatic heterocycles. The van der Waals surface area contributed by atoms with Gasteiger partial charge in [0.1, 0.15) is 5.75 Å². The average molecular weight is 492 g/mol. The molecule has 35 heavy (non-hydrogen) atoms. The molecule has 0 saturated carbocycles. The van der Waals surface area contributed by atoms with Crippen LogP contribution in [0.5, 0.6) is 5.75 Å². The molecule has 7 heteroatoms. The van der Waals surface area contributed by atoms with Gasteiger partial charge in [0.25, 0.3) is 5.91 Å². The lowest BCUT2D eigenvalue weighted by Crippen LogP contribution is -2.41. The van der Waals surface area contributed by atoms with Crippen LogP contribution in [0.3, 0.4) is 0 Å². The lowest BCUT2D eigenvalue weighted by Gasteiger charge is -2.33. The number of hydrogen-bond acceptors (Lipinski definition) is 3. The van der Waals surface area contributed by atoms with E-state index >= 15 is 0 Å². The topological polar surface area (TPSA) is 70.7 Å². The highest BCUT2D eigenvalue weighted by atomic mass is 35.5. The first-order chi connectivity index (χ1) is 17.0. The molecule has 0 aromatic heterocycles. The monoisotopic (exact) mass is 491 g/mol. The molecule has 6 nitrogen and oxygen atoms in total. The van der Waals surface area contributed by atoms with Gasteiger partial charge in [-0.25, -0.2) is 4.79 Å². The number of ether oxygens (including phenoxy) is 1. The maximum absolute atomic E-state index is 12.9. The van der Waals surface area contributed by atoms with Gasteiger partial charge in [-0.1, -0.05) is 41.9 Å². The molecule has 0 radical (unpaired) electrons. The van der Waals surface area contributed by atoms with Crippen molar-refractivity contribution in [1.82, 2.24) is 10.2 Å². The summed E-state index contributed by atoms with van der Waals surface area (Å²) in [6, 6.07) is 22.4. The van der Waals surface area contributed by atoms with E-state index in [4.69, 9.17) is 16.3 Å². The van der Waals surface area contributed by atoms with Crippen LogP contribution in [-0.4, -0.2) is 36.5 Å². The number of nitrogens with one attached hydrogen (secondary N) is 2. The number of carbonyl (C=O) groups excluding carboxylic acids is 2. The Bertz CT molecular complexity index is 1170. The number of benzene rings is 3. The van der Waals surface area contributed by atoms with E-state index in [1.54, 1.807) is 0 Å². The lowest BCUT2D eigenvalue weighted by molar-refractivity contribution is 0.0950. The third-order valence-electron chi connectivity index (χ3n) is 6.14. The summed E-state index contributed by atoms with van der Waals surface area (Å²) < 4.78 is 5.46. The molecule has 2 N–H and O–H groups in total. The summed E-state index contributed by atoms with van der Waals surface area (Å²) in [6.07, 6.45) is 1.88. The molecular weight excluding hydrogens is 462 g/mol. The molecule has 3 aromatic rings. The Balaban J connectivity index is 1.36. The second-order valence-electron chi connectivity index (χ2n) is 8.57. The van der Waals surface area contributed by atoms with Gasteiger partial charge in [-0.15, -0.1) is 0 Å². The van der Waals surface area contributed by atoms with Crippen LogP contribution in [0.2, 0.25) is 5.02 Å². The van der Waals surface area contributed by atoms with E-state index in [-0.39, 0.29) is 17.9 Å². The van der Waals surface area contributed by atoms with Crippen LogP contribution in [0.25, 0.3) is 0 Å². The van der Waals surface area contributed by atoms with Crippen LogP contribution in [0.15, 0.2) is 72.8 Å². The first-order valence-corrected chi connectivity index (χ1v) is 12.3. The third-order valence-corrected chi connectivity index (χ3v) is 6.51. The van der Waals surface area contributed by atoms with E-state index in [2.05, 4.69) is 10.6 Å². The molecule has 182 valence electrons. The summed E-state index contributed by atoms with van der Waals surface area (Å²) in [7, 11) is 0. The molecule has 0 unspecified atom stereocenters. The van der Waals surface area contributed by atoms with Crippen LogP contribution < -0.4 is 15.4 Å². The largest absolute Gasteiger partial charge is 0.494 e. The molecule has 0 bridgehead atoms. The van der Waals surface area contributed by atoms with Crippen molar-refractivity contribution in [2.45, 2.75) is 32.2 Å². The highest BCUT2D eigenvalue weighted by molar-refractivity contribution is 6.31. The number of amides is 3. The van der Waals surface area contributed by atoms with Crippen LogP contribution in [0, 0.1) is 0 Å². The SMILES string of the molecule is CCOc1ccc(NC(=O)N2CCC[C@H](c3cccc(C(=O)NCc4ccccc4Cl)c3)C2)cc1. The third kappa shape index (κ3) is 6.55. The van der Waals surface area contributed by atoms with Gasteiger partial charge in [-0.05, 0) is 73.4 Å². The van der Waals surface area contributed by atoms with E-state index in [1.807, 2.05) is 84.6 Å². The Morgan fingerprint density at radius 3 is 2.63 bits per heavy atom. The van der Waals surface area contributed by atoms with Gasteiger partial charge < -0.3 is 20.3 Å². The van der Waals surface area contributed by atoms with Crippen LogP contribution in [0.1, 0.15) is 47.2 Å². The molecule has 4 rings (SSSR count). The maximum atomic E-state index is 12.9. The normalized spacial score (nSPS) is 15.4. The zero-order valence-corrected chi connectivity index (χ0v) is 20.6. The highest BCUT2D eigenvalue weighted by Gasteiger charge is 2.25. The Hall–Kier alpha value is -3.51. The van der Waals surface area contributed by atoms with Gasteiger partial charge in [0.15, 0.2) is 0 Å². The Morgan fingerprint density at radius 1 is 1.06 bits per heavy atom. The van der Waals surface area contributed by atoms with Crippen molar-refractivity contribution in [1.29, 1.82) is 0 Å². The van der Waals surface area contributed by atoms with Gasteiger partial charge in [-0.2, -0.15) is 0 Å². The molecular formula is C28H30ClN3O3. The Kier molecular flexibility index (Phi) is 8.27. The summed E-state index contributed by atoms with van der Waals surface area (Å²) >= 11 is 6.20. The summed E-state index contributed by atoms with van der Waals surface area (Å²) in [5, 5.41) is 6.55. The molecule has 1 saturated heterocycles. The highest BCUT2D eigenvalue weighted by Crippen LogP contribution is 2.28. The number of anilines is 1. The first kappa shape index (κ1) is 24.6. The smallest absolute Gasteiger partial charge is 0.321 e. The molecule has 0 spiro atoms. The van der Waals surface area contributed by atoms with Crippen molar-refractivity contribution in [2.75, 3.05) is 25.0 Å². The summed E-state index contributed by atoms with van der Waals surface area (Å²) in [6.45, 7) is 4.22. The number of piperidine rings is 1. The predicted molar refractivity (Wildman–Crippen MR) is 139 cm³/mol. The number of rotatable bonds is 7. The van der Waals surface area contributed by atoms with Crippen molar-refractivity contribution in [2.24, 2.45) is 0 Å². The number of halogens is 1. The van der Waals surface area contributed by atoms with Crippen molar-refractivity contribution in [3.63, 3.8) is 0 Å². The van der Waals surface area contributed by atoms with E-state index in [0.717, 1.165) is 35.4 Å². The molecule has 0 aliphatic carbocycles. The first-order valence-electron chi connectivity index (χ1n) is 11.9. The summed E-state index contributed by atoms with van der Waals surface area (Å²) in [5.41, 5.74) is 3.28. The number of nitrogens with zero attached hydrogens (tertiary/aromatic N) is 1. The zero-order chi connectivity index (χ0) is 24.6. The van der Waals surface area contributed by atoms with Crippen molar-refractivity contribution < 1.29 is 14.3 Å². The summed E-state index contributed by atoms with van der Waals surface area (Å²) in [5.74, 6) is 0.804. The standard InChI is InChI=1S/C28H30ClN3O3/c1-2-35-25-14-12-24(13-15-25)31-28(34)32-16-6-10-23(19-32)20-8-5-9-21(17-20)27(33)30-18-22-7-3-4-11-26(22)29/h3-5,7-9,11-15,17,23H,2,6,10,16,18-19H2,1H3,(H,30,33)(H,31,34)/t23-/m0/s1. The zero-order valence-electron chi connectivity index (χ0n) is 19.8. The van der Waals surface area contributed by atoms with Crippen LogP contribution in [-0.2, 0) is 6.54 Å². The second kappa shape index (κ2) is 11.8. The number of hydrogen-bond donors (Lipinski definition) is 2. The predicted octanol–water partition coefficient (Wildman–Crippen LogP) is 6.08. The molecule has 3 aromatic carbocycles. The maximum Gasteiger partial charge on any atom is 0.321 e. The van der Waals surface area contributed by atoms with E-state index < -0.39 is 0 Å². The second-order valence-corrected chi connectivity index (χ2v) is 8.98.